The number of rotatable bonds is 5. The van der Waals surface area contributed by atoms with Crippen LogP contribution in [0.2, 0.25) is 6.82 Å². The van der Waals surface area contributed by atoms with Gasteiger partial charge in [0.25, 0.3) is 0 Å². The topological polar surface area (TPSA) is 26.0 Å². The van der Waals surface area contributed by atoms with Crippen molar-refractivity contribution in [2.24, 2.45) is 5.73 Å². The highest BCUT2D eigenvalue weighted by molar-refractivity contribution is 8.26. The highest BCUT2D eigenvalue weighted by Gasteiger charge is 2.10. The number of benzene rings is 2. The summed E-state index contributed by atoms with van der Waals surface area (Å²) in [5.74, 6) is 1.52. The molecule has 2 rings (SSSR count). The minimum atomic E-state index is 0. The molecule has 3 heteroatoms. The first kappa shape index (κ1) is 19.8. The van der Waals surface area contributed by atoms with Crippen LogP contribution in [-0.2, 0) is 0 Å². The number of hydrogen-bond acceptors (Lipinski definition) is 2. The first-order valence-corrected chi connectivity index (χ1v) is 7.74. The highest BCUT2D eigenvalue weighted by atomic mass is 32.2. The molecule has 2 aromatic carbocycles. The average molecular weight is 301 g/mol. The van der Waals surface area contributed by atoms with Gasteiger partial charge in [0.15, 0.2) is 0 Å². The summed E-state index contributed by atoms with van der Waals surface area (Å²) in [5, 5.41) is 0. The second-order valence-corrected chi connectivity index (χ2v) is 6.24. The van der Waals surface area contributed by atoms with Gasteiger partial charge in [-0.3, -0.25) is 0 Å². The molecule has 0 aliphatic rings. The molecule has 0 saturated heterocycles. The molecule has 0 aliphatic heterocycles. The third-order valence-electron chi connectivity index (χ3n) is 3.25. The van der Waals surface area contributed by atoms with Crippen LogP contribution in [0, 0.1) is 6.92 Å². The van der Waals surface area contributed by atoms with Gasteiger partial charge in [-0.25, -0.2) is 11.6 Å². The van der Waals surface area contributed by atoms with Gasteiger partial charge in [-0.15, -0.1) is 0 Å². The maximum Gasteiger partial charge on any atom is 0.238 e. The Morgan fingerprint density at radius 3 is 1.86 bits per heavy atom. The summed E-state index contributed by atoms with van der Waals surface area (Å²) in [6.07, 6.45) is 0. The van der Waals surface area contributed by atoms with Gasteiger partial charge >= 0.3 is 0 Å². The number of aryl methyl sites for hydroxylation is 1. The van der Waals surface area contributed by atoms with Gasteiger partial charge in [-0.2, -0.15) is 0 Å². The fraction of sp³-hybridized carbons (Fsp3) is 0.333. The van der Waals surface area contributed by atoms with Crippen LogP contribution in [0.3, 0.4) is 0 Å². The van der Waals surface area contributed by atoms with Crippen LogP contribution < -0.4 is 11.2 Å². The predicted octanol–water partition coefficient (Wildman–Crippen LogP) is 4.45. The summed E-state index contributed by atoms with van der Waals surface area (Å²) in [5.41, 5.74) is 10.8. The lowest BCUT2D eigenvalue weighted by Crippen LogP contribution is -2.24. The van der Waals surface area contributed by atoms with Crippen molar-refractivity contribution in [2.45, 2.75) is 28.6 Å². The Hall–Kier alpha value is -1.19. The first-order chi connectivity index (χ1) is 9.20. The van der Waals surface area contributed by atoms with Gasteiger partial charge in [0, 0.05) is 6.54 Å². The van der Waals surface area contributed by atoms with E-state index in [1.54, 1.807) is 0 Å². The second kappa shape index (κ2) is 9.70. The minimum Gasteiger partial charge on any atom is -0.330 e. The number of nitrogens with two attached hydrogens (primary N) is 1. The van der Waals surface area contributed by atoms with Crippen LogP contribution in [0.15, 0.2) is 48.5 Å². The van der Waals surface area contributed by atoms with Crippen molar-refractivity contribution in [3.63, 3.8) is 0 Å². The first-order valence-electron chi connectivity index (χ1n) is 6.69. The van der Waals surface area contributed by atoms with Gasteiger partial charge in [0.1, 0.15) is 0 Å². The molecule has 2 aromatic rings. The van der Waals surface area contributed by atoms with E-state index < -0.39 is 0 Å². The van der Waals surface area contributed by atoms with E-state index in [4.69, 9.17) is 5.73 Å². The van der Waals surface area contributed by atoms with Crippen molar-refractivity contribution in [1.29, 1.82) is 0 Å². The van der Waals surface area contributed by atoms with Crippen LogP contribution >= 0.6 is 11.6 Å². The Morgan fingerprint density at radius 1 is 0.905 bits per heavy atom. The third kappa shape index (κ3) is 5.60. The van der Waals surface area contributed by atoms with Crippen LogP contribution in [0.25, 0.3) is 11.1 Å². The normalized spacial score (nSPS) is 9.48. The van der Waals surface area contributed by atoms with E-state index in [2.05, 4.69) is 62.3 Å². The zero-order valence-electron chi connectivity index (χ0n) is 11.6. The summed E-state index contributed by atoms with van der Waals surface area (Å²) in [6.45, 7) is 5.10. The molecule has 0 saturated carbocycles. The van der Waals surface area contributed by atoms with Crippen LogP contribution in [0.1, 0.15) is 20.4 Å². The Kier molecular flexibility index (Phi) is 9.15. The Balaban J connectivity index is 0.00000200. The van der Waals surface area contributed by atoms with E-state index in [0.29, 0.717) is 5.99 Å². The number of hydrogen-bond donors (Lipinski definition) is 1. The van der Waals surface area contributed by atoms with Crippen molar-refractivity contribution in [1.82, 2.24) is 0 Å². The van der Waals surface area contributed by atoms with Crippen molar-refractivity contribution < 1.29 is 0 Å². The average Bonchev–Trinajstić information content (AvgIpc) is 2.46. The van der Waals surface area contributed by atoms with E-state index in [-0.39, 0.29) is 14.9 Å². The summed E-state index contributed by atoms with van der Waals surface area (Å²) in [7, 11) is 0. The quantitative estimate of drug-likeness (QED) is 0.825. The Bertz CT molecular complexity index is 508. The molecule has 0 bridgehead atoms. The van der Waals surface area contributed by atoms with Crippen LogP contribution in [0.5, 0.6) is 0 Å². The van der Waals surface area contributed by atoms with Gasteiger partial charge in [-0.05, 0) is 23.8 Å². The third-order valence-corrected chi connectivity index (χ3v) is 4.49. The monoisotopic (exact) mass is 301 g/mol. The Morgan fingerprint density at radius 2 is 1.38 bits per heavy atom. The standard InChI is InChI=1S/C16H20BNS.2CH4/c1-13-3-5-14(6-4-13)15-7-9-16(10-8-15)17(2)19-12-11-18;;/h3-10H,11-12,18H2,1-2H3;2*1H4. The molecule has 0 spiro atoms. The van der Waals surface area contributed by atoms with Gasteiger partial charge in [-0.1, -0.05) is 81.2 Å². The zero-order chi connectivity index (χ0) is 13.7. The summed E-state index contributed by atoms with van der Waals surface area (Å²) < 4.78 is 0. The lowest BCUT2D eigenvalue weighted by Gasteiger charge is -2.09. The lowest BCUT2D eigenvalue weighted by molar-refractivity contribution is 1.15. The summed E-state index contributed by atoms with van der Waals surface area (Å²) in [4.78, 5) is 0. The SMILES string of the molecule is C.C.CB(SCCN)c1ccc(-c2ccc(C)cc2)cc1. The molecule has 0 aromatic heterocycles. The van der Waals surface area contributed by atoms with Crippen LogP contribution in [0.4, 0.5) is 0 Å². The van der Waals surface area contributed by atoms with Gasteiger partial charge in [0.2, 0.25) is 5.99 Å². The molecular formula is C18H28BNS. The van der Waals surface area contributed by atoms with Gasteiger partial charge < -0.3 is 5.73 Å². The lowest BCUT2D eigenvalue weighted by atomic mass is 9.71. The zero-order valence-corrected chi connectivity index (χ0v) is 12.4. The van der Waals surface area contributed by atoms with Crippen molar-refractivity contribution in [3.05, 3.63) is 54.1 Å². The summed E-state index contributed by atoms with van der Waals surface area (Å²) >= 11 is 1.91. The maximum atomic E-state index is 5.55. The molecule has 0 radical (unpaired) electrons. The van der Waals surface area contributed by atoms with Crippen molar-refractivity contribution in [2.75, 3.05) is 12.3 Å². The second-order valence-electron chi connectivity index (χ2n) is 4.79. The fourth-order valence-corrected chi connectivity index (χ4v) is 2.87. The maximum absolute atomic E-state index is 5.55. The molecule has 0 heterocycles. The molecule has 2 N–H and O–H groups in total. The van der Waals surface area contributed by atoms with E-state index in [0.717, 1.165) is 12.3 Å². The molecule has 0 amide bonds. The molecule has 0 atom stereocenters. The molecule has 114 valence electrons. The molecular weight excluding hydrogens is 273 g/mol. The van der Waals surface area contributed by atoms with E-state index in [9.17, 15) is 0 Å². The van der Waals surface area contributed by atoms with Crippen molar-refractivity contribution in [3.8, 4) is 11.1 Å². The van der Waals surface area contributed by atoms with Gasteiger partial charge in [0.05, 0.1) is 0 Å². The molecule has 0 aliphatic carbocycles. The minimum absolute atomic E-state index is 0. The van der Waals surface area contributed by atoms with E-state index in [1.807, 2.05) is 11.6 Å². The largest absolute Gasteiger partial charge is 0.330 e. The Labute approximate surface area is 135 Å². The fourth-order valence-electron chi connectivity index (χ4n) is 2.03. The van der Waals surface area contributed by atoms with E-state index >= 15 is 0 Å². The predicted molar refractivity (Wildman–Crippen MR) is 103 cm³/mol. The van der Waals surface area contributed by atoms with Crippen LogP contribution in [-0.4, -0.2) is 18.3 Å². The van der Waals surface area contributed by atoms with Crippen molar-refractivity contribution >= 4 is 23.1 Å². The molecule has 0 unspecified atom stereocenters. The smallest absolute Gasteiger partial charge is 0.238 e. The molecule has 0 fully saturated rings. The summed E-state index contributed by atoms with van der Waals surface area (Å²) in [6, 6.07) is 17.5. The molecule has 21 heavy (non-hydrogen) atoms. The highest BCUT2D eigenvalue weighted by Crippen LogP contribution is 2.19. The molecule has 1 nitrogen and oxygen atoms in total. The van der Waals surface area contributed by atoms with E-state index in [1.165, 1.54) is 22.2 Å².